The van der Waals surface area contributed by atoms with Gasteiger partial charge in [0.1, 0.15) is 5.75 Å². The SMILES string of the molecule is Cc1nc(COc2ccc(C(=O)N3CCOCC3C)cc2)no1. The summed E-state index contributed by atoms with van der Waals surface area (Å²) in [5.74, 6) is 1.66. The number of amides is 1. The number of hydrogen-bond donors (Lipinski definition) is 0. The van der Waals surface area contributed by atoms with Gasteiger partial charge in [0.15, 0.2) is 6.61 Å². The van der Waals surface area contributed by atoms with Crippen LogP contribution in [0.4, 0.5) is 0 Å². The van der Waals surface area contributed by atoms with E-state index < -0.39 is 0 Å². The van der Waals surface area contributed by atoms with Crippen LogP contribution in [-0.4, -0.2) is 46.7 Å². The van der Waals surface area contributed by atoms with E-state index >= 15 is 0 Å². The Kier molecular flexibility index (Phi) is 4.57. The second-order valence-electron chi connectivity index (χ2n) is 5.47. The Balaban J connectivity index is 1.61. The molecule has 7 nitrogen and oxygen atoms in total. The molecular formula is C16H19N3O4. The first kappa shape index (κ1) is 15.5. The van der Waals surface area contributed by atoms with Crippen molar-refractivity contribution < 1.29 is 18.8 Å². The Morgan fingerprint density at radius 2 is 2.17 bits per heavy atom. The first-order chi connectivity index (χ1) is 11.1. The van der Waals surface area contributed by atoms with Gasteiger partial charge in [0.05, 0.1) is 19.3 Å². The number of carbonyl (C=O) groups excluding carboxylic acids is 1. The van der Waals surface area contributed by atoms with E-state index in [9.17, 15) is 4.79 Å². The number of hydrogen-bond acceptors (Lipinski definition) is 6. The van der Waals surface area contributed by atoms with Gasteiger partial charge in [-0.25, -0.2) is 0 Å². The summed E-state index contributed by atoms with van der Waals surface area (Å²) in [4.78, 5) is 18.4. The lowest BCUT2D eigenvalue weighted by atomic mass is 10.1. The zero-order valence-electron chi connectivity index (χ0n) is 13.2. The first-order valence-electron chi connectivity index (χ1n) is 7.54. The van der Waals surface area contributed by atoms with Crippen molar-refractivity contribution in [3.05, 3.63) is 41.5 Å². The zero-order chi connectivity index (χ0) is 16.2. The molecule has 1 aliphatic rings. The fourth-order valence-corrected chi connectivity index (χ4v) is 2.44. The number of rotatable bonds is 4. The summed E-state index contributed by atoms with van der Waals surface area (Å²) < 4.78 is 15.8. The highest BCUT2D eigenvalue weighted by molar-refractivity contribution is 5.94. The maximum absolute atomic E-state index is 12.5. The van der Waals surface area contributed by atoms with E-state index in [-0.39, 0.29) is 18.6 Å². The van der Waals surface area contributed by atoms with Crippen LogP contribution < -0.4 is 4.74 Å². The molecule has 1 aromatic heterocycles. The summed E-state index contributed by atoms with van der Waals surface area (Å²) >= 11 is 0. The fourth-order valence-electron chi connectivity index (χ4n) is 2.44. The van der Waals surface area contributed by atoms with Crippen LogP contribution in [0.2, 0.25) is 0 Å². The number of carbonyl (C=O) groups is 1. The van der Waals surface area contributed by atoms with Crippen LogP contribution >= 0.6 is 0 Å². The first-order valence-corrected chi connectivity index (χ1v) is 7.54. The minimum atomic E-state index is 0.0149. The topological polar surface area (TPSA) is 77.7 Å². The molecule has 0 radical (unpaired) electrons. The van der Waals surface area contributed by atoms with Gasteiger partial charge in [-0.1, -0.05) is 5.16 Å². The monoisotopic (exact) mass is 317 g/mol. The summed E-state index contributed by atoms with van der Waals surface area (Å²) in [6.45, 7) is 5.73. The van der Waals surface area contributed by atoms with Crippen LogP contribution in [0.25, 0.3) is 0 Å². The fraction of sp³-hybridized carbons (Fsp3) is 0.438. The van der Waals surface area contributed by atoms with Crippen LogP contribution in [0.3, 0.4) is 0 Å². The average molecular weight is 317 g/mol. The quantitative estimate of drug-likeness (QED) is 0.856. The molecule has 0 bridgehead atoms. The molecule has 0 spiro atoms. The Hall–Kier alpha value is -2.41. The number of aryl methyl sites for hydroxylation is 1. The van der Waals surface area contributed by atoms with Gasteiger partial charge in [-0.3, -0.25) is 4.79 Å². The number of benzene rings is 1. The molecule has 2 heterocycles. The minimum absolute atomic E-state index is 0.0149. The summed E-state index contributed by atoms with van der Waals surface area (Å²) in [5.41, 5.74) is 0.640. The molecule has 1 saturated heterocycles. The smallest absolute Gasteiger partial charge is 0.254 e. The Labute approximate surface area is 134 Å². The predicted octanol–water partition coefficient (Wildman–Crippen LogP) is 1.82. The lowest BCUT2D eigenvalue weighted by molar-refractivity contribution is 0.00359. The lowest BCUT2D eigenvalue weighted by Gasteiger charge is -2.33. The molecule has 0 aliphatic carbocycles. The molecule has 122 valence electrons. The van der Waals surface area contributed by atoms with Gasteiger partial charge in [0.25, 0.3) is 5.91 Å². The van der Waals surface area contributed by atoms with E-state index in [2.05, 4.69) is 10.1 Å². The zero-order valence-corrected chi connectivity index (χ0v) is 13.2. The molecule has 7 heteroatoms. The van der Waals surface area contributed by atoms with Gasteiger partial charge >= 0.3 is 0 Å². The van der Waals surface area contributed by atoms with Crippen molar-refractivity contribution in [1.29, 1.82) is 0 Å². The normalized spacial score (nSPS) is 18.0. The third-order valence-electron chi connectivity index (χ3n) is 3.67. The number of nitrogens with zero attached hydrogens (tertiary/aromatic N) is 3. The van der Waals surface area contributed by atoms with Gasteiger partial charge in [-0.2, -0.15) is 4.98 Å². The lowest BCUT2D eigenvalue weighted by Crippen LogP contribution is -2.47. The summed E-state index contributed by atoms with van der Waals surface area (Å²) in [6, 6.07) is 7.16. The van der Waals surface area contributed by atoms with E-state index in [1.807, 2.05) is 11.8 Å². The Morgan fingerprint density at radius 1 is 1.39 bits per heavy atom. The molecule has 23 heavy (non-hydrogen) atoms. The maximum atomic E-state index is 12.5. The van der Waals surface area contributed by atoms with Gasteiger partial charge < -0.3 is 18.9 Å². The Morgan fingerprint density at radius 3 is 2.83 bits per heavy atom. The largest absolute Gasteiger partial charge is 0.485 e. The van der Waals surface area contributed by atoms with E-state index in [4.69, 9.17) is 14.0 Å². The van der Waals surface area contributed by atoms with Crippen LogP contribution in [0, 0.1) is 6.92 Å². The molecule has 1 aliphatic heterocycles. The van der Waals surface area contributed by atoms with Crippen molar-refractivity contribution in [3.63, 3.8) is 0 Å². The second-order valence-corrected chi connectivity index (χ2v) is 5.47. The van der Waals surface area contributed by atoms with Gasteiger partial charge in [0, 0.05) is 19.0 Å². The summed E-state index contributed by atoms with van der Waals surface area (Å²) in [6.07, 6.45) is 0. The Bertz CT molecular complexity index is 668. The highest BCUT2D eigenvalue weighted by atomic mass is 16.5. The molecule has 0 saturated carbocycles. The van der Waals surface area contributed by atoms with Crippen LogP contribution in [0.1, 0.15) is 29.0 Å². The highest BCUT2D eigenvalue weighted by Crippen LogP contribution is 2.17. The van der Waals surface area contributed by atoms with E-state index in [0.29, 0.717) is 42.8 Å². The second kappa shape index (κ2) is 6.78. The van der Waals surface area contributed by atoms with Crippen LogP contribution in [0.15, 0.2) is 28.8 Å². The third-order valence-corrected chi connectivity index (χ3v) is 3.67. The van der Waals surface area contributed by atoms with Crippen molar-refractivity contribution in [3.8, 4) is 5.75 Å². The molecule has 0 N–H and O–H groups in total. The number of morpholine rings is 1. The average Bonchev–Trinajstić information content (AvgIpc) is 2.99. The third kappa shape index (κ3) is 3.68. The van der Waals surface area contributed by atoms with Crippen LogP contribution in [0.5, 0.6) is 5.75 Å². The van der Waals surface area contributed by atoms with Gasteiger partial charge in [0.2, 0.25) is 11.7 Å². The van der Waals surface area contributed by atoms with Gasteiger partial charge in [-0.05, 0) is 31.2 Å². The van der Waals surface area contributed by atoms with E-state index in [1.165, 1.54) is 0 Å². The minimum Gasteiger partial charge on any atom is -0.485 e. The van der Waals surface area contributed by atoms with Crippen molar-refractivity contribution in [2.24, 2.45) is 0 Å². The number of ether oxygens (including phenoxy) is 2. The summed E-state index contributed by atoms with van der Waals surface area (Å²) in [7, 11) is 0. The molecular weight excluding hydrogens is 298 g/mol. The standard InChI is InChI=1S/C16H19N3O4/c1-11-9-21-8-7-19(11)16(20)13-3-5-14(6-4-13)22-10-15-17-12(2)23-18-15/h3-6,11H,7-10H2,1-2H3. The molecule has 1 amide bonds. The molecule has 1 unspecified atom stereocenters. The summed E-state index contributed by atoms with van der Waals surface area (Å²) in [5, 5.41) is 3.76. The molecule has 3 rings (SSSR count). The van der Waals surface area contributed by atoms with E-state index in [1.54, 1.807) is 31.2 Å². The van der Waals surface area contributed by atoms with Crippen molar-refractivity contribution >= 4 is 5.91 Å². The molecule has 1 fully saturated rings. The number of aromatic nitrogens is 2. The van der Waals surface area contributed by atoms with Crippen molar-refractivity contribution in [1.82, 2.24) is 15.0 Å². The van der Waals surface area contributed by atoms with Gasteiger partial charge in [-0.15, -0.1) is 0 Å². The molecule has 1 aromatic carbocycles. The molecule has 1 atom stereocenters. The highest BCUT2D eigenvalue weighted by Gasteiger charge is 2.24. The van der Waals surface area contributed by atoms with Crippen molar-refractivity contribution in [2.45, 2.75) is 26.5 Å². The maximum Gasteiger partial charge on any atom is 0.254 e. The van der Waals surface area contributed by atoms with Crippen molar-refractivity contribution in [2.75, 3.05) is 19.8 Å². The molecule has 2 aromatic rings. The predicted molar refractivity (Wildman–Crippen MR) is 81.1 cm³/mol. The van der Waals surface area contributed by atoms with Crippen LogP contribution in [-0.2, 0) is 11.3 Å². The van der Waals surface area contributed by atoms with E-state index in [0.717, 1.165) is 0 Å².